The Morgan fingerprint density at radius 1 is 1.26 bits per heavy atom. The van der Waals surface area contributed by atoms with Crippen molar-refractivity contribution in [3.8, 4) is 0 Å². The predicted molar refractivity (Wildman–Crippen MR) is 86.5 cm³/mol. The van der Waals surface area contributed by atoms with Gasteiger partial charge in [0.15, 0.2) is 0 Å². The van der Waals surface area contributed by atoms with Gasteiger partial charge in [-0.1, -0.05) is 12.8 Å². The van der Waals surface area contributed by atoms with E-state index in [1.54, 1.807) is 24.5 Å². The van der Waals surface area contributed by atoms with Gasteiger partial charge in [0, 0.05) is 29.1 Å². The number of nitrogens with one attached hydrogen (secondary N) is 2. The third-order valence-electron chi connectivity index (χ3n) is 4.32. The summed E-state index contributed by atoms with van der Waals surface area (Å²) in [5.41, 5.74) is 2.17. The van der Waals surface area contributed by atoms with Gasteiger partial charge in [0.2, 0.25) is 5.91 Å². The molecule has 23 heavy (non-hydrogen) atoms. The Balaban J connectivity index is 1.63. The molecule has 0 atom stereocenters. The van der Waals surface area contributed by atoms with Crippen molar-refractivity contribution in [2.45, 2.75) is 32.1 Å². The van der Waals surface area contributed by atoms with Crippen LogP contribution in [0.5, 0.6) is 0 Å². The fourth-order valence-electron chi connectivity index (χ4n) is 3.13. The highest BCUT2D eigenvalue weighted by atomic mass is 16.4. The molecule has 0 spiro atoms. The van der Waals surface area contributed by atoms with Gasteiger partial charge in [0.05, 0.1) is 6.26 Å². The Kier molecular flexibility index (Phi) is 4.50. The van der Waals surface area contributed by atoms with Crippen LogP contribution in [0, 0.1) is 5.92 Å². The second kappa shape index (κ2) is 6.73. The quantitative estimate of drug-likeness (QED) is 0.788. The normalized spacial score (nSPS) is 15.0. The highest BCUT2D eigenvalue weighted by molar-refractivity contribution is 5.90. The second-order valence-corrected chi connectivity index (χ2v) is 5.92. The highest BCUT2D eigenvalue weighted by Crippen LogP contribution is 2.26. The van der Waals surface area contributed by atoms with Crippen LogP contribution in [0.1, 0.15) is 31.2 Å². The van der Waals surface area contributed by atoms with Crippen LogP contribution in [0.4, 0.5) is 10.5 Å². The Hall–Kier alpha value is -2.50. The van der Waals surface area contributed by atoms with Crippen molar-refractivity contribution >= 4 is 28.7 Å². The average Bonchev–Trinajstić information content (AvgIpc) is 3.16. The second-order valence-electron chi connectivity index (χ2n) is 5.92. The van der Waals surface area contributed by atoms with Gasteiger partial charge in [0.1, 0.15) is 5.58 Å². The third kappa shape index (κ3) is 3.64. The maximum atomic E-state index is 12.0. The summed E-state index contributed by atoms with van der Waals surface area (Å²) in [7, 11) is 0. The zero-order chi connectivity index (χ0) is 16.2. The first kappa shape index (κ1) is 15.4. The van der Waals surface area contributed by atoms with E-state index in [0.29, 0.717) is 24.2 Å². The zero-order valence-corrected chi connectivity index (χ0v) is 12.8. The van der Waals surface area contributed by atoms with Crippen molar-refractivity contribution in [3.05, 3.63) is 30.0 Å². The van der Waals surface area contributed by atoms with Crippen molar-refractivity contribution < 1.29 is 19.1 Å². The smallest absolute Gasteiger partial charge is 0.409 e. The first-order valence-electron chi connectivity index (χ1n) is 7.91. The first-order valence-corrected chi connectivity index (χ1v) is 7.91. The molecule has 6 nitrogen and oxygen atoms in total. The van der Waals surface area contributed by atoms with Gasteiger partial charge in [-0.2, -0.15) is 0 Å². The lowest BCUT2D eigenvalue weighted by molar-refractivity contribution is -0.124. The molecule has 0 unspecified atom stereocenters. The molecular formula is C17H20N2O4. The van der Waals surface area contributed by atoms with Crippen LogP contribution >= 0.6 is 0 Å². The number of hydrogen-bond acceptors (Lipinski definition) is 3. The molecule has 0 radical (unpaired) electrons. The van der Waals surface area contributed by atoms with Crippen molar-refractivity contribution in [3.63, 3.8) is 0 Å². The van der Waals surface area contributed by atoms with E-state index in [1.165, 1.54) is 0 Å². The number of carbonyl (C=O) groups is 2. The van der Waals surface area contributed by atoms with Crippen LogP contribution < -0.4 is 10.6 Å². The van der Waals surface area contributed by atoms with Crippen molar-refractivity contribution in [1.82, 2.24) is 5.32 Å². The van der Waals surface area contributed by atoms with Gasteiger partial charge in [-0.05, 0) is 37.5 Å². The number of fused-ring (bicyclic) bond motifs is 1. The molecule has 1 aliphatic carbocycles. The van der Waals surface area contributed by atoms with Crippen molar-refractivity contribution in [2.24, 2.45) is 5.92 Å². The SMILES string of the molecule is O=C(O)Nc1ccc2occ(CCNC(=O)C3CCCC3)c2c1. The Morgan fingerprint density at radius 2 is 2.04 bits per heavy atom. The topological polar surface area (TPSA) is 91.6 Å². The molecular weight excluding hydrogens is 296 g/mol. The van der Waals surface area contributed by atoms with Crippen LogP contribution in [-0.2, 0) is 11.2 Å². The molecule has 0 saturated heterocycles. The van der Waals surface area contributed by atoms with Gasteiger partial charge in [-0.15, -0.1) is 0 Å². The molecule has 1 heterocycles. The van der Waals surface area contributed by atoms with Gasteiger partial charge in [-0.25, -0.2) is 4.79 Å². The number of carbonyl (C=O) groups excluding carboxylic acids is 1. The van der Waals surface area contributed by atoms with Gasteiger partial charge in [-0.3, -0.25) is 10.1 Å². The van der Waals surface area contributed by atoms with Crippen LogP contribution in [0.3, 0.4) is 0 Å². The molecule has 1 aromatic heterocycles. The van der Waals surface area contributed by atoms with Crippen LogP contribution in [0.25, 0.3) is 11.0 Å². The van der Waals surface area contributed by atoms with Gasteiger partial charge in [0.25, 0.3) is 0 Å². The van der Waals surface area contributed by atoms with E-state index in [1.807, 2.05) is 0 Å². The minimum absolute atomic E-state index is 0.142. The Labute approximate surface area is 133 Å². The standard InChI is InChI=1S/C17H20N2O4/c20-16(11-3-1-2-4-11)18-8-7-12-10-23-15-6-5-13(9-14(12)15)19-17(21)22/h5-6,9-11,19H,1-4,7-8H2,(H,18,20)(H,21,22). The minimum atomic E-state index is -1.10. The fourth-order valence-corrected chi connectivity index (χ4v) is 3.13. The van der Waals surface area contributed by atoms with E-state index < -0.39 is 6.09 Å². The fraction of sp³-hybridized carbons (Fsp3) is 0.412. The van der Waals surface area contributed by atoms with Gasteiger partial charge >= 0.3 is 6.09 Å². The molecule has 0 bridgehead atoms. The monoisotopic (exact) mass is 316 g/mol. The molecule has 1 aromatic carbocycles. The van der Waals surface area contributed by atoms with Crippen LogP contribution in [0.15, 0.2) is 28.9 Å². The van der Waals surface area contributed by atoms with E-state index in [0.717, 1.165) is 36.6 Å². The molecule has 1 fully saturated rings. The maximum Gasteiger partial charge on any atom is 0.409 e. The predicted octanol–water partition coefficient (Wildman–Crippen LogP) is 3.37. The van der Waals surface area contributed by atoms with Crippen LogP contribution in [-0.4, -0.2) is 23.7 Å². The average molecular weight is 316 g/mol. The van der Waals surface area contributed by atoms with E-state index in [2.05, 4.69) is 10.6 Å². The Bertz CT molecular complexity index is 716. The van der Waals surface area contributed by atoms with Crippen LogP contribution in [0.2, 0.25) is 0 Å². The van der Waals surface area contributed by atoms with E-state index >= 15 is 0 Å². The number of carboxylic acid groups (broad SMARTS) is 1. The van der Waals surface area contributed by atoms with E-state index in [9.17, 15) is 9.59 Å². The van der Waals surface area contributed by atoms with Crippen molar-refractivity contribution in [1.29, 1.82) is 0 Å². The number of anilines is 1. The number of benzene rings is 1. The molecule has 3 N–H and O–H groups in total. The molecule has 1 saturated carbocycles. The summed E-state index contributed by atoms with van der Waals surface area (Å²) in [6.07, 6.45) is 5.49. The molecule has 0 aliphatic heterocycles. The summed E-state index contributed by atoms with van der Waals surface area (Å²) >= 11 is 0. The summed E-state index contributed by atoms with van der Waals surface area (Å²) < 4.78 is 5.48. The summed E-state index contributed by atoms with van der Waals surface area (Å²) in [5.74, 6) is 0.311. The maximum absolute atomic E-state index is 12.0. The number of furan rings is 1. The summed E-state index contributed by atoms with van der Waals surface area (Å²) in [4.78, 5) is 22.7. The van der Waals surface area contributed by atoms with Crippen molar-refractivity contribution in [2.75, 3.05) is 11.9 Å². The lowest BCUT2D eigenvalue weighted by Crippen LogP contribution is -2.30. The number of amides is 2. The molecule has 122 valence electrons. The zero-order valence-electron chi connectivity index (χ0n) is 12.8. The summed E-state index contributed by atoms with van der Waals surface area (Å²) in [6, 6.07) is 5.15. The number of hydrogen-bond donors (Lipinski definition) is 3. The molecule has 6 heteroatoms. The lowest BCUT2D eigenvalue weighted by Gasteiger charge is -2.09. The molecule has 2 aromatic rings. The minimum Gasteiger partial charge on any atom is -0.465 e. The number of rotatable bonds is 5. The molecule has 1 aliphatic rings. The largest absolute Gasteiger partial charge is 0.465 e. The van der Waals surface area contributed by atoms with Gasteiger partial charge < -0.3 is 14.8 Å². The van der Waals surface area contributed by atoms with E-state index in [4.69, 9.17) is 9.52 Å². The third-order valence-corrected chi connectivity index (χ3v) is 4.32. The summed E-state index contributed by atoms with van der Waals surface area (Å²) in [6.45, 7) is 0.556. The highest BCUT2D eigenvalue weighted by Gasteiger charge is 2.22. The summed E-state index contributed by atoms with van der Waals surface area (Å²) in [5, 5.41) is 15.0. The Morgan fingerprint density at radius 3 is 2.78 bits per heavy atom. The first-order chi connectivity index (χ1) is 11.1. The molecule has 3 rings (SSSR count). The lowest BCUT2D eigenvalue weighted by atomic mass is 10.1. The molecule has 2 amide bonds. The van der Waals surface area contributed by atoms with E-state index in [-0.39, 0.29) is 11.8 Å².